The average molecular weight is 332 g/mol. The summed E-state index contributed by atoms with van der Waals surface area (Å²) >= 11 is 0. The molecule has 0 atom stereocenters. The molecule has 0 aliphatic carbocycles. The first-order valence-electron chi connectivity index (χ1n) is 0. The zero-order valence-electron chi connectivity index (χ0n) is 2.84. The summed E-state index contributed by atoms with van der Waals surface area (Å²) < 4.78 is 0. The third kappa shape index (κ3) is 48.5. The summed E-state index contributed by atoms with van der Waals surface area (Å²) in [5.41, 5.74) is 0. The Morgan fingerprint density at radius 1 is 0.571 bits per heavy atom. The molecule has 0 heterocycles. The Bertz CT molecular complexity index is 11.7. The number of hydrogen-bond donors (Lipinski definition) is 0. The van der Waals surface area contributed by atoms with Gasteiger partial charge < -0.3 is 0 Å². The van der Waals surface area contributed by atoms with Crippen LogP contribution in [0.3, 0.4) is 0 Å². The van der Waals surface area contributed by atoms with Crippen LogP contribution in [0.25, 0.3) is 0 Å². The second-order valence-corrected chi connectivity index (χ2v) is 0. The van der Waals surface area contributed by atoms with Crippen LogP contribution < -0.4 is 0 Å². The quantitative estimate of drug-likeness (QED) is 0.396. The Morgan fingerprint density at radius 2 is 0.571 bits per heavy atom. The van der Waals surface area contributed by atoms with E-state index in [1.807, 2.05) is 0 Å². The van der Waals surface area contributed by atoms with E-state index >= 15 is 0 Å². The summed E-state index contributed by atoms with van der Waals surface area (Å²) in [7, 11) is 0. The zero-order chi connectivity index (χ0) is 0. The molecule has 0 aromatic heterocycles. The van der Waals surface area contributed by atoms with Gasteiger partial charge in [-0.25, -0.2) is 0 Å². The standard InChI is InChI=1S/4FH.K.Sn.Zr.3H/h4*1H;;;;;;. The molecule has 0 aliphatic heterocycles. The maximum absolute atomic E-state index is 0. The minimum Gasteiger partial charge on any atom is 0 e. The molecule has 2 radical (unpaired) electrons. The van der Waals surface area contributed by atoms with Gasteiger partial charge in [0.25, 0.3) is 0 Å². The van der Waals surface area contributed by atoms with Crippen molar-refractivity contribution in [2.75, 3.05) is 0 Å². The number of hydrogen-bond acceptors (Lipinski definition) is 0. The molecule has 0 amide bonds. The summed E-state index contributed by atoms with van der Waals surface area (Å²) in [4.78, 5) is 0. The molecule has 0 rings (SSSR count). The Balaban J connectivity index is 0. The van der Waals surface area contributed by atoms with Crippen LogP contribution in [0.1, 0.15) is 0 Å². The Hall–Kier alpha value is 3.04. The Kier molecular flexibility index (Phi) is 803. The predicted octanol–water partition coefficient (Wildman–Crippen LogP) is -0.957. The van der Waals surface area contributed by atoms with E-state index in [4.69, 9.17) is 0 Å². The van der Waals surface area contributed by atoms with Gasteiger partial charge in [-0.05, 0) is 0 Å². The van der Waals surface area contributed by atoms with E-state index in [-0.39, 0.29) is 120 Å². The number of halogens is 4. The smallest absolute Gasteiger partial charge is 0 e. The van der Waals surface area contributed by atoms with Crippen molar-refractivity contribution in [1.29, 1.82) is 0 Å². The maximum atomic E-state index is 0. The van der Waals surface area contributed by atoms with Crippen molar-refractivity contribution in [2.45, 2.75) is 0 Å². The van der Waals surface area contributed by atoms with Crippen LogP contribution >= 0.6 is 0 Å². The number of rotatable bonds is 0. The van der Waals surface area contributed by atoms with Crippen LogP contribution in [-0.4, -0.2) is 75.3 Å². The van der Waals surface area contributed by atoms with E-state index in [2.05, 4.69) is 0 Å². The van der Waals surface area contributed by atoms with E-state index < -0.39 is 0 Å². The molecule has 7 heavy (non-hydrogen) atoms. The predicted molar refractivity (Wildman–Crippen MR) is 25.7 cm³/mol. The minimum atomic E-state index is 0. The van der Waals surface area contributed by atoms with E-state index in [9.17, 15) is 0 Å². The van der Waals surface area contributed by atoms with Crippen LogP contribution in [0, 0.1) is 0 Å². The van der Waals surface area contributed by atoms with Gasteiger partial charge in [0.15, 0.2) is 0 Å². The SMILES string of the molecule is F.F.F.F.[KH].[SnH2].[Zr]. The first-order valence-corrected chi connectivity index (χ1v) is 0. The molecule has 7 heteroatoms. The van der Waals surface area contributed by atoms with Gasteiger partial charge in [0.1, 0.15) is 0 Å². The van der Waals surface area contributed by atoms with Crippen LogP contribution in [0.2, 0.25) is 0 Å². The fourth-order valence-corrected chi connectivity index (χ4v) is 0. The van der Waals surface area contributed by atoms with E-state index in [0.29, 0.717) is 0 Å². The van der Waals surface area contributed by atoms with Crippen LogP contribution in [0.15, 0.2) is 0 Å². The third-order valence-electron chi connectivity index (χ3n) is 0. The molecule has 0 nitrogen and oxygen atoms in total. The Labute approximate surface area is 118 Å². The molecule has 0 fully saturated rings. The molecule has 0 saturated heterocycles. The summed E-state index contributed by atoms with van der Waals surface area (Å²) in [6, 6.07) is 0. The fourth-order valence-electron chi connectivity index (χ4n) is 0. The molecule has 0 unspecified atom stereocenters. The second kappa shape index (κ2) is 63.3. The zero-order valence-corrected chi connectivity index (χ0v) is 9.33. The van der Waals surface area contributed by atoms with Crippen molar-refractivity contribution in [3.05, 3.63) is 0 Å². The molecular formula is H7F4KSnZr. The summed E-state index contributed by atoms with van der Waals surface area (Å²) in [6.07, 6.45) is 0. The first-order chi connectivity index (χ1) is 0. The summed E-state index contributed by atoms with van der Waals surface area (Å²) in [6.45, 7) is 0. The van der Waals surface area contributed by atoms with Gasteiger partial charge in [-0.3, -0.25) is 18.8 Å². The van der Waals surface area contributed by atoms with E-state index in [1.165, 1.54) is 0 Å². The van der Waals surface area contributed by atoms with Crippen molar-refractivity contribution in [3.8, 4) is 0 Å². The van der Waals surface area contributed by atoms with Gasteiger partial charge in [0, 0.05) is 26.2 Å². The monoisotopic (exact) mass is 332 g/mol. The first kappa shape index (κ1) is 88.8. The topological polar surface area (TPSA) is 0 Å². The summed E-state index contributed by atoms with van der Waals surface area (Å²) in [5, 5.41) is 0. The molecule has 44 valence electrons. The van der Waals surface area contributed by atoms with Gasteiger partial charge in [-0.2, -0.15) is 0 Å². The van der Waals surface area contributed by atoms with Gasteiger partial charge >= 0.3 is 75.3 Å². The normalized spacial score (nSPS) is 0. The molecule has 0 saturated carbocycles. The van der Waals surface area contributed by atoms with Crippen molar-refractivity contribution >= 4 is 75.3 Å². The minimum absolute atomic E-state index is 0. The second-order valence-electron chi connectivity index (χ2n) is 0. The molecule has 0 aliphatic rings. The van der Waals surface area contributed by atoms with Crippen molar-refractivity contribution in [1.82, 2.24) is 0 Å². The van der Waals surface area contributed by atoms with Crippen LogP contribution in [0.4, 0.5) is 18.8 Å². The van der Waals surface area contributed by atoms with Crippen molar-refractivity contribution < 1.29 is 45.0 Å². The van der Waals surface area contributed by atoms with E-state index in [1.54, 1.807) is 0 Å². The van der Waals surface area contributed by atoms with Crippen molar-refractivity contribution in [2.24, 2.45) is 0 Å². The fraction of sp³-hybridized carbons (Fsp3) is 0. The molecular weight excluding hydrogens is 325 g/mol. The van der Waals surface area contributed by atoms with Crippen LogP contribution in [0.5, 0.6) is 0 Å². The van der Waals surface area contributed by atoms with Gasteiger partial charge in [-0.1, -0.05) is 0 Å². The molecule has 0 bridgehead atoms. The summed E-state index contributed by atoms with van der Waals surface area (Å²) in [5.74, 6) is 0. The Morgan fingerprint density at radius 3 is 0.571 bits per heavy atom. The van der Waals surface area contributed by atoms with Crippen LogP contribution in [-0.2, 0) is 26.2 Å². The average Bonchev–Trinajstić information content (AvgIpc) is 0. The molecule has 0 N–H and O–H groups in total. The third-order valence-corrected chi connectivity index (χ3v) is 0. The van der Waals surface area contributed by atoms with E-state index in [0.717, 1.165) is 0 Å². The van der Waals surface area contributed by atoms with Gasteiger partial charge in [0.05, 0.1) is 0 Å². The van der Waals surface area contributed by atoms with Gasteiger partial charge in [0.2, 0.25) is 0 Å². The largest absolute Gasteiger partial charge is 0 e. The molecule has 0 aromatic carbocycles. The van der Waals surface area contributed by atoms with Gasteiger partial charge in [-0.15, -0.1) is 0 Å². The molecule has 0 aromatic rings. The maximum Gasteiger partial charge on any atom is 0 e. The molecule has 0 spiro atoms. The van der Waals surface area contributed by atoms with Crippen molar-refractivity contribution in [3.63, 3.8) is 0 Å².